The zero-order valence-corrected chi connectivity index (χ0v) is 14.8. The highest BCUT2D eigenvalue weighted by Gasteiger charge is 2.20. The molecule has 2 heterocycles. The fourth-order valence-corrected chi connectivity index (χ4v) is 2.56. The Balaban J connectivity index is 2.06. The Morgan fingerprint density at radius 3 is 2.48 bits per heavy atom. The van der Waals surface area contributed by atoms with Crippen LogP contribution in [0.5, 0.6) is 0 Å². The molecule has 7 nitrogen and oxygen atoms in total. The second-order valence-electron chi connectivity index (χ2n) is 6.13. The third-order valence-corrected chi connectivity index (χ3v) is 4.27. The van der Waals surface area contributed by atoms with Crippen LogP contribution in [0.3, 0.4) is 0 Å². The lowest BCUT2D eigenvalue weighted by Gasteiger charge is -2.19. The Morgan fingerprint density at radius 1 is 1.16 bits per heavy atom. The Kier molecular flexibility index (Phi) is 4.39. The number of nitrogens with zero attached hydrogens (tertiary/aromatic N) is 4. The van der Waals surface area contributed by atoms with Crippen molar-refractivity contribution in [1.82, 2.24) is 19.6 Å². The van der Waals surface area contributed by atoms with Crippen molar-refractivity contribution in [3.8, 4) is 0 Å². The third-order valence-electron chi connectivity index (χ3n) is 4.27. The molecule has 0 radical (unpaired) electrons. The van der Waals surface area contributed by atoms with Crippen LogP contribution in [-0.2, 0) is 11.3 Å². The number of rotatable bonds is 4. The van der Waals surface area contributed by atoms with Crippen LogP contribution in [-0.4, -0.2) is 25.5 Å². The number of benzene rings is 1. The van der Waals surface area contributed by atoms with Crippen molar-refractivity contribution in [2.45, 2.75) is 40.7 Å². The van der Waals surface area contributed by atoms with Crippen molar-refractivity contribution in [1.29, 1.82) is 0 Å². The number of amides is 1. The molecule has 3 rings (SSSR count). The summed E-state index contributed by atoms with van der Waals surface area (Å²) in [5, 5.41) is 2.91. The van der Waals surface area contributed by atoms with E-state index in [1.807, 2.05) is 31.2 Å². The van der Waals surface area contributed by atoms with E-state index in [-0.39, 0.29) is 17.2 Å². The summed E-state index contributed by atoms with van der Waals surface area (Å²) in [5.41, 5.74) is 3.12. The van der Waals surface area contributed by atoms with Gasteiger partial charge in [0.1, 0.15) is 0 Å². The van der Waals surface area contributed by atoms with E-state index in [0.717, 1.165) is 11.1 Å². The molecule has 0 bridgehead atoms. The van der Waals surface area contributed by atoms with Gasteiger partial charge in [0.25, 0.3) is 11.3 Å². The number of hydrogen-bond donors (Lipinski definition) is 1. The molecule has 130 valence electrons. The van der Waals surface area contributed by atoms with Gasteiger partial charge in [0.2, 0.25) is 11.9 Å². The number of aromatic nitrogens is 4. The molecule has 0 atom stereocenters. The summed E-state index contributed by atoms with van der Waals surface area (Å²) in [6.45, 7) is 7.68. The molecule has 25 heavy (non-hydrogen) atoms. The predicted octanol–water partition coefficient (Wildman–Crippen LogP) is 2.29. The van der Waals surface area contributed by atoms with Gasteiger partial charge in [-0.15, -0.1) is 0 Å². The number of carbonyl (C=O) groups is 1. The SMILES string of the molecule is CCC(=O)N(Cc1ccc(C)cc1)c1nc2nc(C)c(C)c(=O)n2[nH]1. The second-order valence-corrected chi connectivity index (χ2v) is 6.13. The molecule has 0 saturated carbocycles. The molecule has 0 fully saturated rings. The minimum absolute atomic E-state index is 0.0823. The molecule has 0 aliphatic rings. The van der Waals surface area contributed by atoms with E-state index >= 15 is 0 Å². The Bertz CT molecular complexity index is 985. The van der Waals surface area contributed by atoms with Crippen LogP contribution in [0.1, 0.15) is 35.7 Å². The molecule has 0 aliphatic carbocycles. The van der Waals surface area contributed by atoms with Crippen molar-refractivity contribution in [3.05, 3.63) is 57.0 Å². The molecule has 1 N–H and O–H groups in total. The zero-order chi connectivity index (χ0) is 18.1. The van der Waals surface area contributed by atoms with E-state index in [9.17, 15) is 9.59 Å². The maximum Gasteiger partial charge on any atom is 0.277 e. The lowest BCUT2D eigenvalue weighted by Crippen LogP contribution is -2.31. The van der Waals surface area contributed by atoms with Crippen LogP contribution < -0.4 is 10.5 Å². The molecule has 1 aromatic carbocycles. The average Bonchev–Trinajstić information content (AvgIpc) is 3.02. The van der Waals surface area contributed by atoms with E-state index in [1.54, 1.807) is 25.7 Å². The summed E-state index contributed by atoms with van der Waals surface area (Å²) in [7, 11) is 0. The Labute approximate surface area is 145 Å². The van der Waals surface area contributed by atoms with Crippen molar-refractivity contribution in [3.63, 3.8) is 0 Å². The summed E-state index contributed by atoms with van der Waals surface area (Å²) in [4.78, 5) is 35.0. The van der Waals surface area contributed by atoms with Crippen LogP contribution in [0.2, 0.25) is 0 Å². The molecule has 0 spiro atoms. The van der Waals surface area contributed by atoms with Gasteiger partial charge in [-0.05, 0) is 26.3 Å². The zero-order valence-electron chi connectivity index (χ0n) is 14.8. The minimum Gasteiger partial charge on any atom is -0.277 e. The molecule has 3 aromatic rings. The average molecular weight is 339 g/mol. The first-order valence-electron chi connectivity index (χ1n) is 8.22. The van der Waals surface area contributed by atoms with E-state index in [0.29, 0.717) is 30.2 Å². The van der Waals surface area contributed by atoms with E-state index < -0.39 is 0 Å². The molecule has 0 unspecified atom stereocenters. The minimum atomic E-state index is -0.208. The van der Waals surface area contributed by atoms with Gasteiger partial charge in [-0.25, -0.2) is 4.98 Å². The van der Waals surface area contributed by atoms with Crippen LogP contribution in [0, 0.1) is 20.8 Å². The fourth-order valence-electron chi connectivity index (χ4n) is 2.56. The number of fused-ring (bicyclic) bond motifs is 1. The monoisotopic (exact) mass is 339 g/mol. The molecular formula is C18H21N5O2. The lowest BCUT2D eigenvalue weighted by atomic mass is 10.1. The smallest absolute Gasteiger partial charge is 0.277 e. The van der Waals surface area contributed by atoms with Gasteiger partial charge in [-0.3, -0.25) is 19.6 Å². The van der Waals surface area contributed by atoms with Gasteiger partial charge in [0.15, 0.2) is 0 Å². The van der Waals surface area contributed by atoms with Crippen LogP contribution in [0.4, 0.5) is 5.95 Å². The number of aryl methyl sites for hydroxylation is 2. The van der Waals surface area contributed by atoms with E-state index in [4.69, 9.17) is 0 Å². The van der Waals surface area contributed by atoms with E-state index in [2.05, 4.69) is 15.1 Å². The molecule has 1 amide bonds. The highest BCUT2D eigenvalue weighted by Crippen LogP contribution is 2.15. The number of carbonyl (C=O) groups excluding carboxylic acids is 1. The standard InChI is InChI=1S/C18H21N5O2/c1-5-15(24)22(10-14-8-6-11(2)7-9-14)18-20-17-19-13(4)12(3)16(25)23(17)21-18/h6-9H,5,10H2,1-4H3,(H,19,20,21). The van der Waals surface area contributed by atoms with Crippen molar-refractivity contribution >= 4 is 17.6 Å². The fraction of sp³-hybridized carbons (Fsp3) is 0.333. The predicted molar refractivity (Wildman–Crippen MR) is 95.7 cm³/mol. The summed E-state index contributed by atoms with van der Waals surface area (Å²) < 4.78 is 1.28. The third kappa shape index (κ3) is 3.17. The van der Waals surface area contributed by atoms with Crippen LogP contribution >= 0.6 is 0 Å². The van der Waals surface area contributed by atoms with Crippen LogP contribution in [0.25, 0.3) is 5.78 Å². The summed E-state index contributed by atoms with van der Waals surface area (Å²) >= 11 is 0. The molecule has 7 heteroatoms. The van der Waals surface area contributed by atoms with Gasteiger partial charge in [0, 0.05) is 17.7 Å². The Morgan fingerprint density at radius 2 is 1.84 bits per heavy atom. The highest BCUT2D eigenvalue weighted by atomic mass is 16.2. The summed E-state index contributed by atoms with van der Waals surface area (Å²) in [6, 6.07) is 7.96. The normalized spacial score (nSPS) is 11.0. The maximum atomic E-state index is 12.4. The number of hydrogen-bond acceptors (Lipinski definition) is 4. The van der Waals surface area contributed by atoms with Crippen molar-refractivity contribution in [2.24, 2.45) is 0 Å². The first kappa shape index (κ1) is 16.9. The van der Waals surface area contributed by atoms with Crippen molar-refractivity contribution in [2.75, 3.05) is 4.90 Å². The lowest BCUT2D eigenvalue weighted by molar-refractivity contribution is -0.118. The molecular weight excluding hydrogens is 318 g/mol. The quantitative estimate of drug-likeness (QED) is 0.790. The molecule has 0 aliphatic heterocycles. The second kappa shape index (κ2) is 6.51. The topological polar surface area (TPSA) is 83.4 Å². The van der Waals surface area contributed by atoms with Gasteiger partial charge in [-0.2, -0.15) is 9.50 Å². The maximum absolute atomic E-state index is 12.4. The summed E-state index contributed by atoms with van der Waals surface area (Å²) in [5.74, 6) is 0.504. The van der Waals surface area contributed by atoms with Crippen molar-refractivity contribution < 1.29 is 4.79 Å². The van der Waals surface area contributed by atoms with Gasteiger partial charge in [0.05, 0.1) is 6.54 Å². The molecule has 0 saturated heterocycles. The first-order chi connectivity index (χ1) is 11.9. The van der Waals surface area contributed by atoms with Gasteiger partial charge in [-0.1, -0.05) is 36.8 Å². The van der Waals surface area contributed by atoms with E-state index in [1.165, 1.54) is 4.52 Å². The molecule has 2 aromatic heterocycles. The highest BCUT2D eigenvalue weighted by molar-refractivity contribution is 5.91. The van der Waals surface area contributed by atoms with Crippen LogP contribution in [0.15, 0.2) is 29.1 Å². The first-order valence-corrected chi connectivity index (χ1v) is 8.22. The number of H-pyrrole nitrogens is 1. The van der Waals surface area contributed by atoms with Gasteiger partial charge >= 0.3 is 0 Å². The van der Waals surface area contributed by atoms with Gasteiger partial charge < -0.3 is 0 Å². The Hall–Kier alpha value is -2.96. The summed E-state index contributed by atoms with van der Waals surface area (Å²) in [6.07, 6.45) is 0.337. The largest absolute Gasteiger partial charge is 0.277 e. The number of nitrogens with one attached hydrogen (secondary N) is 1. The number of aromatic amines is 1. The number of anilines is 1.